The summed E-state index contributed by atoms with van der Waals surface area (Å²) < 4.78 is 0. The fourth-order valence-electron chi connectivity index (χ4n) is 2.81. The first-order valence-electron chi connectivity index (χ1n) is 7.04. The molecular weight excluding hydrogens is 272 g/mol. The number of aryl methyl sites for hydroxylation is 1. The van der Waals surface area contributed by atoms with E-state index >= 15 is 0 Å². The maximum Gasteiger partial charge on any atom is 0.229 e. The SMILES string of the molecule is Cc1ccccc1CN(C)C(=O)C1(C)CCCNC1.Cl. The predicted octanol–water partition coefficient (Wildman–Crippen LogP) is 2.76. The van der Waals surface area contributed by atoms with Crippen molar-refractivity contribution in [1.82, 2.24) is 10.2 Å². The van der Waals surface area contributed by atoms with Gasteiger partial charge in [-0.15, -0.1) is 12.4 Å². The van der Waals surface area contributed by atoms with Crippen molar-refractivity contribution in [2.24, 2.45) is 5.41 Å². The normalized spacial score (nSPS) is 21.9. The highest BCUT2D eigenvalue weighted by Crippen LogP contribution is 2.28. The van der Waals surface area contributed by atoms with Crippen LogP contribution in [0.15, 0.2) is 24.3 Å². The number of hydrogen-bond donors (Lipinski definition) is 1. The van der Waals surface area contributed by atoms with Crippen molar-refractivity contribution in [3.05, 3.63) is 35.4 Å². The lowest BCUT2D eigenvalue weighted by Crippen LogP contribution is -2.49. The molecule has 1 saturated heterocycles. The van der Waals surface area contributed by atoms with E-state index in [9.17, 15) is 4.79 Å². The first-order chi connectivity index (χ1) is 9.03. The van der Waals surface area contributed by atoms with Gasteiger partial charge in [0, 0.05) is 20.1 Å². The van der Waals surface area contributed by atoms with E-state index in [-0.39, 0.29) is 23.7 Å². The maximum atomic E-state index is 12.6. The van der Waals surface area contributed by atoms with Gasteiger partial charge < -0.3 is 10.2 Å². The van der Waals surface area contributed by atoms with Crippen molar-refractivity contribution in [1.29, 1.82) is 0 Å². The lowest BCUT2D eigenvalue weighted by molar-refractivity contribution is -0.141. The van der Waals surface area contributed by atoms with Crippen LogP contribution in [0.3, 0.4) is 0 Å². The van der Waals surface area contributed by atoms with E-state index in [4.69, 9.17) is 0 Å². The summed E-state index contributed by atoms with van der Waals surface area (Å²) >= 11 is 0. The van der Waals surface area contributed by atoms with Crippen LogP contribution in [0, 0.1) is 12.3 Å². The third kappa shape index (κ3) is 3.74. The minimum absolute atomic E-state index is 0. The number of nitrogens with zero attached hydrogens (tertiary/aromatic N) is 1. The molecule has 1 aromatic rings. The molecule has 1 aromatic carbocycles. The van der Waals surface area contributed by atoms with Gasteiger partial charge in [0.15, 0.2) is 0 Å². The molecule has 1 atom stereocenters. The molecule has 0 spiro atoms. The van der Waals surface area contributed by atoms with E-state index in [1.807, 2.05) is 24.1 Å². The van der Waals surface area contributed by atoms with E-state index in [1.165, 1.54) is 11.1 Å². The van der Waals surface area contributed by atoms with Gasteiger partial charge in [0.25, 0.3) is 0 Å². The number of piperidine rings is 1. The van der Waals surface area contributed by atoms with Gasteiger partial charge in [0.05, 0.1) is 5.41 Å². The van der Waals surface area contributed by atoms with Crippen molar-refractivity contribution >= 4 is 18.3 Å². The van der Waals surface area contributed by atoms with Crippen LogP contribution in [0.25, 0.3) is 0 Å². The Morgan fingerprint density at radius 2 is 2.10 bits per heavy atom. The molecule has 2 rings (SSSR count). The van der Waals surface area contributed by atoms with Gasteiger partial charge in [-0.2, -0.15) is 0 Å². The Morgan fingerprint density at radius 3 is 2.70 bits per heavy atom. The third-order valence-electron chi connectivity index (χ3n) is 4.13. The number of carbonyl (C=O) groups excluding carboxylic acids is 1. The molecule has 1 heterocycles. The lowest BCUT2D eigenvalue weighted by atomic mass is 9.81. The fourth-order valence-corrected chi connectivity index (χ4v) is 2.81. The number of rotatable bonds is 3. The first kappa shape index (κ1) is 17.0. The third-order valence-corrected chi connectivity index (χ3v) is 4.13. The van der Waals surface area contributed by atoms with Crippen molar-refractivity contribution in [3.63, 3.8) is 0 Å². The number of halogens is 1. The number of hydrogen-bond acceptors (Lipinski definition) is 2. The summed E-state index contributed by atoms with van der Waals surface area (Å²) in [6.45, 7) is 6.70. The molecule has 0 bridgehead atoms. The second kappa shape index (κ2) is 7.09. The second-order valence-corrected chi connectivity index (χ2v) is 5.93. The number of carbonyl (C=O) groups is 1. The number of benzene rings is 1. The van der Waals surface area contributed by atoms with Crippen molar-refractivity contribution in [2.75, 3.05) is 20.1 Å². The minimum atomic E-state index is -0.240. The summed E-state index contributed by atoms with van der Waals surface area (Å²) in [5.41, 5.74) is 2.23. The average Bonchev–Trinajstić information content (AvgIpc) is 2.41. The van der Waals surface area contributed by atoms with Gasteiger partial charge >= 0.3 is 0 Å². The highest BCUT2D eigenvalue weighted by atomic mass is 35.5. The van der Waals surface area contributed by atoms with Crippen LogP contribution in [-0.4, -0.2) is 30.9 Å². The highest BCUT2D eigenvalue weighted by Gasteiger charge is 2.36. The maximum absolute atomic E-state index is 12.6. The first-order valence-corrected chi connectivity index (χ1v) is 7.04. The molecule has 20 heavy (non-hydrogen) atoms. The zero-order valence-corrected chi connectivity index (χ0v) is 13.4. The molecule has 0 radical (unpaired) electrons. The molecule has 3 nitrogen and oxygen atoms in total. The Bertz CT molecular complexity index is 456. The molecule has 0 saturated carbocycles. The largest absolute Gasteiger partial charge is 0.341 e. The summed E-state index contributed by atoms with van der Waals surface area (Å²) in [6, 6.07) is 8.26. The Hall–Kier alpha value is -1.06. The lowest BCUT2D eigenvalue weighted by Gasteiger charge is -2.36. The molecule has 4 heteroatoms. The van der Waals surface area contributed by atoms with Crippen LogP contribution in [0.1, 0.15) is 30.9 Å². The van der Waals surface area contributed by atoms with Crippen LogP contribution in [0.2, 0.25) is 0 Å². The van der Waals surface area contributed by atoms with Gasteiger partial charge in [-0.1, -0.05) is 24.3 Å². The van der Waals surface area contributed by atoms with Crippen LogP contribution >= 0.6 is 12.4 Å². The van der Waals surface area contributed by atoms with Gasteiger partial charge in [-0.05, 0) is 44.4 Å². The van der Waals surface area contributed by atoms with Gasteiger partial charge in [0.2, 0.25) is 5.91 Å². The molecule has 1 unspecified atom stereocenters. The quantitative estimate of drug-likeness (QED) is 0.930. The molecular formula is C16H25ClN2O. The number of amides is 1. The molecule has 1 aliphatic heterocycles. The van der Waals surface area contributed by atoms with Crippen LogP contribution in [0.5, 0.6) is 0 Å². The summed E-state index contributed by atoms with van der Waals surface area (Å²) in [4.78, 5) is 14.5. The topological polar surface area (TPSA) is 32.3 Å². The Morgan fingerprint density at radius 1 is 1.40 bits per heavy atom. The minimum Gasteiger partial charge on any atom is -0.341 e. The van der Waals surface area contributed by atoms with E-state index in [2.05, 4.69) is 31.3 Å². The Labute approximate surface area is 128 Å². The molecule has 1 amide bonds. The zero-order valence-electron chi connectivity index (χ0n) is 12.6. The highest BCUT2D eigenvalue weighted by molar-refractivity contribution is 5.85. The summed E-state index contributed by atoms with van der Waals surface area (Å²) in [6.07, 6.45) is 2.07. The molecule has 0 aliphatic carbocycles. The summed E-state index contributed by atoms with van der Waals surface area (Å²) in [5.74, 6) is 0.253. The molecule has 1 fully saturated rings. The standard InChI is InChI=1S/C16H24N2O.ClH/c1-13-7-4-5-8-14(13)11-18(3)15(19)16(2)9-6-10-17-12-16;/h4-5,7-8,17H,6,9-12H2,1-3H3;1H. The van der Waals surface area contributed by atoms with Gasteiger partial charge in [-0.3, -0.25) is 4.79 Å². The summed E-state index contributed by atoms with van der Waals surface area (Å²) in [7, 11) is 1.91. The van der Waals surface area contributed by atoms with E-state index in [1.54, 1.807) is 0 Å². The average molecular weight is 297 g/mol. The smallest absolute Gasteiger partial charge is 0.229 e. The zero-order chi connectivity index (χ0) is 13.9. The van der Waals surface area contributed by atoms with Gasteiger partial charge in [-0.25, -0.2) is 0 Å². The van der Waals surface area contributed by atoms with Crippen LogP contribution < -0.4 is 5.32 Å². The number of nitrogens with one attached hydrogen (secondary N) is 1. The second-order valence-electron chi connectivity index (χ2n) is 5.93. The molecule has 1 aliphatic rings. The molecule has 1 N–H and O–H groups in total. The van der Waals surface area contributed by atoms with Crippen LogP contribution in [-0.2, 0) is 11.3 Å². The van der Waals surface area contributed by atoms with E-state index in [0.29, 0.717) is 6.54 Å². The van der Waals surface area contributed by atoms with Crippen molar-refractivity contribution in [3.8, 4) is 0 Å². The van der Waals surface area contributed by atoms with E-state index in [0.717, 1.165) is 25.9 Å². The summed E-state index contributed by atoms with van der Waals surface area (Å²) in [5, 5.41) is 3.34. The Balaban J connectivity index is 0.00000200. The molecule has 0 aromatic heterocycles. The predicted molar refractivity (Wildman–Crippen MR) is 85.1 cm³/mol. The fraction of sp³-hybridized carbons (Fsp3) is 0.562. The Kier molecular flexibility index (Phi) is 6.03. The van der Waals surface area contributed by atoms with Crippen LogP contribution in [0.4, 0.5) is 0 Å². The van der Waals surface area contributed by atoms with E-state index < -0.39 is 0 Å². The monoisotopic (exact) mass is 296 g/mol. The van der Waals surface area contributed by atoms with Crippen molar-refractivity contribution < 1.29 is 4.79 Å². The molecule has 112 valence electrons. The van der Waals surface area contributed by atoms with Gasteiger partial charge in [0.1, 0.15) is 0 Å². The van der Waals surface area contributed by atoms with Crippen molar-refractivity contribution in [2.45, 2.75) is 33.2 Å².